The van der Waals surface area contributed by atoms with Crippen LogP contribution in [0.4, 0.5) is 0 Å². The molecule has 1 aromatic carbocycles. The van der Waals surface area contributed by atoms with Crippen LogP contribution in [-0.2, 0) is 4.79 Å². The second kappa shape index (κ2) is 6.71. The zero-order valence-corrected chi connectivity index (χ0v) is 9.77. The fourth-order valence-electron chi connectivity index (χ4n) is 1.05. The number of halogens is 1. The van der Waals surface area contributed by atoms with Crippen molar-refractivity contribution in [3.63, 3.8) is 0 Å². The normalized spacial score (nSPS) is 10.0. The highest BCUT2D eigenvalue weighted by molar-refractivity contribution is 7.99. The Morgan fingerprint density at radius 3 is 3.00 bits per heavy atom. The summed E-state index contributed by atoms with van der Waals surface area (Å²) in [5.41, 5.74) is 2.10. The predicted octanol–water partition coefficient (Wildman–Crippen LogP) is 2.20. The van der Waals surface area contributed by atoms with E-state index in [0.29, 0.717) is 6.42 Å². The predicted molar refractivity (Wildman–Crippen MR) is 63.7 cm³/mol. The van der Waals surface area contributed by atoms with E-state index in [1.54, 1.807) is 11.8 Å². The Kier molecular flexibility index (Phi) is 5.53. The van der Waals surface area contributed by atoms with Crippen molar-refractivity contribution in [2.75, 3.05) is 5.75 Å². The van der Waals surface area contributed by atoms with E-state index in [-0.39, 0.29) is 5.91 Å². The lowest BCUT2D eigenvalue weighted by atomic mass is 10.3. The molecule has 3 nitrogen and oxygen atoms in total. The van der Waals surface area contributed by atoms with Gasteiger partial charge < -0.3 is 0 Å². The summed E-state index contributed by atoms with van der Waals surface area (Å²) in [7, 11) is 0. The fraction of sp³-hybridized carbons (Fsp3) is 0.300. The van der Waals surface area contributed by atoms with Gasteiger partial charge in [-0.05, 0) is 30.4 Å². The third-order valence-corrected chi connectivity index (χ3v) is 3.09. The molecule has 3 N–H and O–H groups in total. The van der Waals surface area contributed by atoms with E-state index >= 15 is 0 Å². The molecule has 0 aliphatic rings. The number of benzene rings is 1. The van der Waals surface area contributed by atoms with Gasteiger partial charge in [-0.15, -0.1) is 11.8 Å². The lowest BCUT2D eigenvalue weighted by Gasteiger charge is -2.01. The van der Waals surface area contributed by atoms with Crippen LogP contribution in [0.2, 0.25) is 5.02 Å². The molecule has 0 aromatic heterocycles. The molecule has 0 unspecified atom stereocenters. The summed E-state index contributed by atoms with van der Waals surface area (Å²) in [6, 6.07) is 7.67. The highest BCUT2D eigenvalue weighted by Crippen LogP contribution is 2.22. The van der Waals surface area contributed by atoms with Crippen LogP contribution in [0.1, 0.15) is 12.8 Å². The Morgan fingerprint density at radius 1 is 1.53 bits per heavy atom. The monoisotopic (exact) mass is 244 g/mol. The molecule has 0 fully saturated rings. The Bertz CT molecular complexity index is 333. The molecule has 0 aliphatic heterocycles. The average Bonchev–Trinajstić information content (AvgIpc) is 2.24. The van der Waals surface area contributed by atoms with Gasteiger partial charge in [0.25, 0.3) is 0 Å². The fourth-order valence-corrected chi connectivity index (χ4v) is 2.22. The molecule has 0 spiro atoms. The number of amides is 1. The average molecular weight is 245 g/mol. The molecule has 5 heteroatoms. The SMILES string of the molecule is NNC(=O)CCCSc1cccc(Cl)c1. The number of carbonyl (C=O) groups is 1. The molecule has 15 heavy (non-hydrogen) atoms. The zero-order valence-electron chi connectivity index (χ0n) is 8.20. The van der Waals surface area contributed by atoms with Crippen molar-refractivity contribution in [2.45, 2.75) is 17.7 Å². The van der Waals surface area contributed by atoms with Gasteiger partial charge in [0.15, 0.2) is 0 Å². The molecule has 0 aliphatic carbocycles. The number of hydrogen-bond donors (Lipinski definition) is 2. The van der Waals surface area contributed by atoms with E-state index < -0.39 is 0 Å². The molecule has 0 saturated heterocycles. The molecular formula is C10H13ClN2OS. The maximum absolute atomic E-state index is 10.8. The number of carbonyl (C=O) groups excluding carboxylic acids is 1. The van der Waals surface area contributed by atoms with E-state index in [0.717, 1.165) is 22.1 Å². The molecule has 0 bridgehead atoms. The lowest BCUT2D eigenvalue weighted by molar-refractivity contribution is -0.121. The maximum atomic E-state index is 10.8. The Labute approximate surface area is 98.3 Å². The number of nitrogens with two attached hydrogens (primary N) is 1. The van der Waals surface area contributed by atoms with Gasteiger partial charge in [-0.25, -0.2) is 5.84 Å². The van der Waals surface area contributed by atoms with E-state index in [1.807, 2.05) is 24.3 Å². The first-order valence-corrected chi connectivity index (χ1v) is 5.96. The highest BCUT2D eigenvalue weighted by atomic mass is 35.5. The first-order chi connectivity index (χ1) is 7.22. The number of hydrazine groups is 1. The van der Waals surface area contributed by atoms with Crippen LogP contribution in [-0.4, -0.2) is 11.7 Å². The first-order valence-electron chi connectivity index (χ1n) is 4.60. The van der Waals surface area contributed by atoms with Crippen molar-refractivity contribution in [2.24, 2.45) is 5.84 Å². The second-order valence-corrected chi connectivity index (χ2v) is 4.58. The molecular weight excluding hydrogens is 232 g/mol. The van der Waals surface area contributed by atoms with E-state index in [2.05, 4.69) is 5.43 Å². The van der Waals surface area contributed by atoms with Gasteiger partial charge in [0, 0.05) is 16.3 Å². The summed E-state index contributed by atoms with van der Waals surface area (Å²) in [5, 5.41) is 0.736. The van der Waals surface area contributed by atoms with Crippen molar-refractivity contribution >= 4 is 29.3 Å². The summed E-state index contributed by atoms with van der Waals surface area (Å²) in [5.74, 6) is 5.72. The van der Waals surface area contributed by atoms with Crippen molar-refractivity contribution in [1.82, 2.24) is 5.43 Å². The summed E-state index contributed by atoms with van der Waals surface area (Å²) in [4.78, 5) is 11.9. The van der Waals surface area contributed by atoms with Gasteiger partial charge in [0.05, 0.1) is 0 Å². The number of rotatable bonds is 5. The number of thioether (sulfide) groups is 1. The van der Waals surface area contributed by atoms with Gasteiger partial charge in [-0.1, -0.05) is 17.7 Å². The van der Waals surface area contributed by atoms with E-state index in [1.165, 1.54) is 0 Å². The van der Waals surface area contributed by atoms with Gasteiger partial charge in [-0.3, -0.25) is 10.2 Å². The van der Waals surface area contributed by atoms with Crippen LogP contribution in [0.15, 0.2) is 29.2 Å². The first kappa shape index (κ1) is 12.4. The standard InChI is InChI=1S/C10H13ClN2OS/c11-8-3-1-4-9(7-8)15-6-2-5-10(14)13-12/h1,3-4,7H,2,5-6,12H2,(H,13,14). The zero-order chi connectivity index (χ0) is 11.1. The Hall–Kier alpha value is -0.710. The maximum Gasteiger partial charge on any atom is 0.233 e. The summed E-state index contributed by atoms with van der Waals surface area (Å²) >= 11 is 7.52. The quantitative estimate of drug-likeness (QED) is 0.275. The smallest absolute Gasteiger partial charge is 0.233 e. The third kappa shape index (κ3) is 5.06. The van der Waals surface area contributed by atoms with Crippen molar-refractivity contribution in [3.8, 4) is 0 Å². The molecule has 1 aromatic rings. The minimum atomic E-state index is -0.123. The molecule has 0 heterocycles. The Balaban J connectivity index is 2.23. The van der Waals surface area contributed by atoms with Crippen molar-refractivity contribution in [1.29, 1.82) is 0 Å². The molecule has 1 rings (SSSR count). The van der Waals surface area contributed by atoms with Crippen LogP contribution >= 0.6 is 23.4 Å². The minimum absolute atomic E-state index is 0.123. The minimum Gasteiger partial charge on any atom is -0.294 e. The lowest BCUT2D eigenvalue weighted by Crippen LogP contribution is -2.29. The number of hydrogen-bond acceptors (Lipinski definition) is 3. The van der Waals surface area contributed by atoms with Crippen LogP contribution in [0.25, 0.3) is 0 Å². The number of nitrogens with one attached hydrogen (secondary N) is 1. The van der Waals surface area contributed by atoms with Crippen molar-refractivity contribution in [3.05, 3.63) is 29.3 Å². The van der Waals surface area contributed by atoms with Crippen LogP contribution in [0, 0.1) is 0 Å². The van der Waals surface area contributed by atoms with Gasteiger partial charge in [0.2, 0.25) is 5.91 Å². The van der Waals surface area contributed by atoms with Gasteiger partial charge >= 0.3 is 0 Å². The molecule has 1 amide bonds. The summed E-state index contributed by atoms with van der Waals surface area (Å²) in [6.45, 7) is 0. The molecule has 0 saturated carbocycles. The van der Waals surface area contributed by atoms with Crippen LogP contribution < -0.4 is 11.3 Å². The third-order valence-electron chi connectivity index (χ3n) is 1.77. The van der Waals surface area contributed by atoms with Crippen LogP contribution in [0.5, 0.6) is 0 Å². The topological polar surface area (TPSA) is 55.1 Å². The molecule has 82 valence electrons. The van der Waals surface area contributed by atoms with E-state index in [4.69, 9.17) is 17.4 Å². The largest absolute Gasteiger partial charge is 0.294 e. The highest BCUT2D eigenvalue weighted by Gasteiger charge is 1.99. The van der Waals surface area contributed by atoms with Crippen molar-refractivity contribution < 1.29 is 4.79 Å². The second-order valence-electron chi connectivity index (χ2n) is 2.98. The summed E-state index contributed by atoms with van der Waals surface area (Å²) in [6.07, 6.45) is 1.27. The van der Waals surface area contributed by atoms with E-state index in [9.17, 15) is 4.79 Å². The van der Waals surface area contributed by atoms with Gasteiger partial charge in [0.1, 0.15) is 0 Å². The van der Waals surface area contributed by atoms with Gasteiger partial charge in [-0.2, -0.15) is 0 Å². The summed E-state index contributed by atoms with van der Waals surface area (Å²) < 4.78 is 0. The Morgan fingerprint density at radius 2 is 2.33 bits per heavy atom. The van der Waals surface area contributed by atoms with Crippen LogP contribution in [0.3, 0.4) is 0 Å². The molecule has 0 radical (unpaired) electrons. The molecule has 0 atom stereocenters.